The van der Waals surface area contributed by atoms with Crippen molar-refractivity contribution in [1.29, 1.82) is 0 Å². The number of rotatable bonds is 2. The standard InChI is InChI=1S/C14H21NO3/c1-5-6-10-11-7-9(12(10)16)8-15(11)13(17)18-14(2,3)4/h5,9-11H,1,6-8H2,2-4H3. The van der Waals surface area contributed by atoms with Gasteiger partial charge in [0.1, 0.15) is 11.4 Å². The SMILES string of the molecule is C=CCC1C(=O)C2CC1N(C(=O)OC(C)(C)C)C2. The molecule has 2 rings (SSSR count). The summed E-state index contributed by atoms with van der Waals surface area (Å²) in [6.07, 6.45) is 2.91. The molecule has 1 heterocycles. The first-order valence-corrected chi connectivity index (χ1v) is 6.47. The summed E-state index contributed by atoms with van der Waals surface area (Å²) >= 11 is 0. The summed E-state index contributed by atoms with van der Waals surface area (Å²) in [5.74, 6) is 0.223. The molecular formula is C14H21NO3. The van der Waals surface area contributed by atoms with Crippen LogP contribution >= 0.6 is 0 Å². The molecule has 1 aliphatic carbocycles. The zero-order chi connectivity index (χ0) is 13.5. The van der Waals surface area contributed by atoms with E-state index >= 15 is 0 Å². The first kappa shape index (κ1) is 13.1. The van der Waals surface area contributed by atoms with Gasteiger partial charge in [0, 0.05) is 24.4 Å². The number of hydrogen-bond donors (Lipinski definition) is 0. The topological polar surface area (TPSA) is 46.6 Å². The van der Waals surface area contributed by atoms with Crippen LogP contribution in [-0.4, -0.2) is 35.0 Å². The maximum absolute atomic E-state index is 12.1. The van der Waals surface area contributed by atoms with Gasteiger partial charge in [-0.2, -0.15) is 0 Å². The molecule has 2 aliphatic rings. The Hall–Kier alpha value is -1.32. The van der Waals surface area contributed by atoms with Crippen molar-refractivity contribution >= 4 is 11.9 Å². The second-order valence-corrected chi connectivity index (χ2v) is 6.17. The summed E-state index contributed by atoms with van der Waals surface area (Å²) in [4.78, 5) is 25.8. The number of likely N-dealkylation sites (tertiary alicyclic amines) is 1. The number of ether oxygens (including phenoxy) is 1. The van der Waals surface area contributed by atoms with Crippen LogP contribution in [0.15, 0.2) is 12.7 Å². The molecule has 0 aromatic heterocycles. The lowest BCUT2D eigenvalue weighted by molar-refractivity contribution is -0.126. The van der Waals surface area contributed by atoms with Gasteiger partial charge in [-0.15, -0.1) is 6.58 Å². The average Bonchev–Trinajstić information content (AvgIpc) is 2.77. The Morgan fingerprint density at radius 2 is 2.22 bits per heavy atom. The first-order valence-electron chi connectivity index (χ1n) is 6.47. The molecule has 1 saturated heterocycles. The van der Waals surface area contributed by atoms with Gasteiger partial charge in [0.15, 0.2) is 0 Å². The number of allylic oxidation sites excluding steroid dienone is 1. The minimum atomic E-state index is -0.489. The molecule has 0 aromatic carbocycles. The summed E-state index contributed by atoms with van der Waals surface area (Å²) in [7, 11) is 0. The highest BCUT2D eigenvalue weighted by atomic mass is 16.6. The molecule has 18 heavy (non-hydrogen) atoms. The van der Waals surface area contributed by atoms with Crippen molar-refractivity contribution in [3.8, 4) is 0 Å². The number of nitrogens with zero attached hydrogens (tertiary/aromatic N) is 1. The number of carbonyl (C=O) groups is 2. The van der Waals surface area contributed by atoms with Crippen molar-refractivity contribution in [3.63, 3.8) is 0 Å². The second kappa shape index (κ2) is 4.41. The zero-order valence-corrected chi connectivity index (χ0v) is 11.3. The summed E-state index contributed by atoms with van der Waals surface area (Å²) in [6, 6.07) is 0.00958. The summed E-state index contributed by atoms with van der Waals surface area (Å²) < 4.78 is 5.39. The molecule has 0 N–H and O–H groups in total. The normalized spacial score (nSPS) is 30.7. The van der Waals surface area contributed by atoms with Gasteiger partial charge in [0.2, 0.25) is 0 Å². The number of amides is 1. The van der Waals surface area contributed by atoms with Gasteiger partial charge in [-0.3, -0.25) is 4.79 Å². The lowest BCUT2D eigenvalue weighted by Gasteiger charge is -2.33. The smallest absolute Gasteiger partial charge is 0.410 e. The van der Waals surface area contributed by atoms with E-state index < -0.39 is 5.60 Å². The Kier molecular flexibility index (Phi) is 3.21. The molecule has 1 aliphatic heterocycles. The summed E-state index contributed by atoms with van der Waals surface area (Å²) in [5, 5.41) is 0. The maximum Gasteiger partial charge on any atom is 0.410 e. The Balaban J connectivity index is 2.07. The van der Waals surface area contributed by atoms with Crippen LogP contribution in [0.25, 0.3) is 0 Å². The van der Waals surface area contributed by atoms with Crippen LogP contribution in [-0.2, 0) is 9.53 Å². The van der Waals surface area contributed by atoms with E-state index in [4.69, 9.17) is 4.74 Å². The van der Waals surface area contributed by atoms with Gasteiger partial charge < -0.3 is 9.64 Å². The molecule has 0 radical (unpaired) electrons. The highest BCUT2D eigenvalue weighted by Crippen LogP contribution is 2.41. The molecule has 0 aromatic rings. The fourth-order valence-electron chi connectivity index (χ4n) is 2.93. The van der Waals surface area contributed by atoms with Gasteiger partial charge in [0.05, 0.1) is 0 Å². The van der Waals surface area contributed by atoms with Gasteiger partial charge in [-0.25, -0.2) is 4.79 Å². The Morgan fingerprint density at radius 1 is 1.56 bits per heavy atom. The summed E-state index contributed by atoms with van der Waals surface area (Å²) in [6.45, 7) is 9.76. The first-order chi connectivity index (χ1) is 8.33. The largest absolute Gasteiger partial charge is 0.444 e. The van der Waals surface area contributed by atoms with Crippen LogP contribution in [0.5, 0.6) is 0 Å². The quantitative estimate of drug-likeness (QED) is 0.708. The van der Waals surface area contributed by atoms with Gasteiger partial charge in [0.25, 0.3) is 0 Å². The third-order valence-corrected chi connectivity index (χ3v) is 3.62. The molecule has 1 saturated carbocycles. The monoisotopic (exact) mass is 251 g/mol. The van der Waals surface area contributed by atoms with Gasteiger partial charge in [-0.05, 0) is 33.6 Å². The van der Waals surface area contributed by atoms with E-state index in [1.165, 1.54) is 0 Å². The van der Waals surface area contributed by atoms with Crippen molar-refractivity contribution in [2.45, 2.75) is 45.3 Å². The molecule has 1 amide bonds. The molecule has 2 fully saturated rings. The maximum atomic E-state index is 12.1. The fourth-order valence-corrected chi connectivity index (χ4v) is 2.93. The summed E-state index contributed by atoms with van der Waals surface area (Å²) in [5.41, 5.74) is -0.489. The molecule has 4 heteroatoms. The minimum absolute atomic E-state index is 0.00692. The molecular weight excluding hydrogens is 230 g/mol. The Morgan fingerprint density at radius 3 is 2.72 bits per heavy atom. The van der Waals surface area contributed by atoms with E-state index in [2.05, 4.69) is 6.58 Å². The predicted molar refractivity (Wildman–Crippen MR) is 68.1 cm³/mol. The Bertz CT molecular complexity index is 383. The fraction of sp³-hybridized carbons (Fsp3) is 0.714. The number of piperidine rings is 1. The zero-order valence-electron chi connectivity index (χ0n) is 11.3. The molecule has 100 valence electrons. The van der Waals surface area contributed by atoms with Crippen LogP contribution in [0.2, 0.25) is 0 Å². The van der Waals surface area contributed by atoms with E-state index in [9.17, 15) is 9.59 Å². The van der Waals surface area contributed by atoms with Crippen LogP contribution in [0.3, 0.4) is 0 Å². The average molecular weight is 251 g/mol. The lowest BCUT2D eigenvalue weighted by atomic mass is 9.93. The van der Waals surface area contributed by atoms with Crippen molar-refractivity contribution < 1.29 is 14.3 Å². The van der Waals surface area contributed by atoms with Crippen molar-refractivity contribution in [2.75, 3.05) is 6.54 Å². The lowest BCUT2D eigenvalue weighted by Crippen LogP contribution is -2.47. The highest BCUT2D eigenvalue weighted by molar-refractivity contribution is 5.90. The highest BCUT2D eigenvalue weighted by Gasteiger charge is 2.52. The van der Waals surface area contributed by atoms with Crippen molar-refractivity contribution in [1.82, 2.24) is 4.90 Å². The Labute approximate surface area is 108 Å². The van der Waals surface area contributed by atoms with Crippen molar-refractivity contribution in [2.24, 2.45) is 11.8 Å². The number of fused-ring (bicyclic) bond motifs is 2. The van der Waals surface area contributed by atoms with E-state index in [0.29, 0.717) is 18.7 Å². The minimum Gasteiger partial charge on any atom is -0.444 e. The molecule has 3 atom stereocenters. The van der Waals surface area contributed by atoms with Crippen LogP contribution < -0.4 is 0 Å². The second-order valence-electron chi connectivity index (χ2n) is 6.17. The molecule has 0 spiro atoms. The molecule has 4 nitrogen and oxygen atoms in total. The molecule has 3 unspecified atom stereocenters. The number of carbonyl (C=O) groups excluding carboxylic acids is 2. The van der Waals surface area contributed by atoms with Gasteiger partial charge in [-0.1, -0.05) is 6.08 Å². The van der Waals surface area contributed by atoms with Crippen LogP contribution in [0, 0.1) is 11.8 Å². The number of hydrogen-bond acceptors (Lipinski definition) is 3. The number of ketones is 1. The van der Waals surface area contributed by atoms with E-state index in [1.807, 2.05) is 20.8 Å². The van der Waals surface area contributed by atoms with E-state index in [1.54, 1.807) is 11.0 Å². The third-order valence-electron chi connectivity index (χ3n) is 3.62. The molecule has 2 bridgehead atoms. The van der Waals surface area contributed by atoms with Crippen molar-refractivity contribution in [3.05, 3.63) is 12.7 Å². The predicted octanol–water partition coefficient (Wildman–Crippen LogP) is 2.39. The van der Waals surface area contributed by atoms with Crippen LogP contribution in [0.4, 0.5) is 4.79 Å². The van der Waals surface area contributed by atoms with E-state index in [-0.39, 0.29) is 24.0 Å². The number of Topliss-reactive ketones (excluding diaryl/α,β-unsaturated/α-hetero) is 1. The van der Waals surface area contributed by atoms with E-state index in [0.717, 1.165) is 6.42 Å². The third kappa shape index (κ3) is 2.28. The van der Waals surface area contributed by atoms with Crippen LogP contribution in [0.1, 0.15) is 33.6 Å². The van der Waals surface area contributed by atoms with Gasteiger partial charge >= 0.3 is 6.09 Å².